The first-order valence-corrected chi connectivity index (χ1v) is 10.6. The number of carbonyl (C=O) groups is 2. The third-order valence-corrected chi connectivity index (χ3v) is 5.65. The molecular formula is C23H30N4O4. The number of benzene rings is 1. The van der Waals surface area contributed by atoms with Crippen LogP contribution in [-0.4, -0.2) is 53.8 Å². The van der Waals surface area contributed by atoms with Gasteiger partial charge in [-0.3, -0.25) is 14.4 Å². The summed E-state index contributed by atoms with van der Waals surface area (Å²) in [4.78, 5) is 37.7. The van der Waals surface area contributed by atoms with Crippen LogP contribution in [0.1, 0.15) is 52.0 Å². The molecule has 0 radical (unpaired) electrons. The van der Waals surface area contributed by atoms with Gasteiger partial charge in [-0.2, -0.15) is 0 Å². The minimum Gasteiger partial charge on any atom is -0.390 e. The van der Waals surface area contributed by atoms with Gasteiger partial charge in [0.15, 0.2) is 0 Å². The van der Waals surface area contributed by atoms with Crippen molar-refractivity contribution >= 4 is 11.8 Å². The largest absolute Gasteiger partial charge is 0.390 e. The zero-order valence-electron chi connectivity index (χ0n) is 17.8. The summed E-state index contributed by atoms with van der Waals surface area (Å²) in [7, 11) is 1.45. The Balaban J connectivity index is 1.71. The van der Waals surface area contributed by atoms with Gasteiger partial charge in [-0.15, -0.1) is 0 Å². The number of hydrogen-bond donors (Lipinski definition) is 4. The summed E-state index contributed by atoms with van der Waals surface area (Å²) in [6.45, 7) is 2.26. The van der Waals surface area contributed by atoms with E-state index in [2.05, 4.69) is 16.0 Å². The number of pyridine rings is 1. The number of aromatic nitrogens is 1. The van der Waals surface area contributed by atoms with Crippen molar-refractivity contribution in [1.82, 2.24) is 20.5 Å². The smallest absolute Gasteiger partial charge is 0.263 e. The molecular weight excluding hydrogens is 396 g/mol. The molecule has 1 aromatic carbocycles. The minimum absolute atomic E-state index is 0.0740. The fourth-order valence-corrected chi connectivity index (χ4v) is 3.82. The van der Waals surface area contributed by atoms with Crippen LogP contribution in [0, 0.1) is 0 Å². The van der Waals surface area contributed by atoms with Gasteiger partial charge in [0.1, 0.15) is 5.56 Å². The summed E-state index contributed by atoms with van der Waals surface area (Å²) in [5.41, 5.74) is -0.0661. The van der Waals surface area contributed by atoms with E-state index < -0.39 is 17.1 Å². The minimum atomic E-state index is -0.675. The summed E-state index contributed by atoms with van der Waals surface area (Å²) in [6.07, 6.45) is 4.17. The van der Waals surface area contributed by atoms with Crippen molar-refractivity contribution in [2.24, 2.45) is 0 Å². The Bertz CT molecular complexity index is 965. The molecule has 1 aliphatic rings. The fraction of sp³-hybridized carbons (Fsp3) is 0.435. The first kappa shape index (κ1) is 22.7. The molecule has 8 heteroatoms. The summed E-state index contributed by atoms with van der Waals surface area (Å²) in [5.74, 6) is -0.890. The molecule has 4 N–H and O–H groups in total. The summed E-state index contributed by atoms with van der Waals surface area (Å²) < 4.78 is 1.38. The highest BCUT2D eigenvalue weighted by Crippen LogP contribution is 2.23. The zero-order chi connectivity index (χ0) is 22.3. The van der Waals surface area contributed by atoms with E-state index in [0.717, 1.165) is 18.7 Å². The van der Waals surface area contributed by atoms with Gasteiger partial charge >= 0.3 is 0 Å². The second-order valence-electron chi connectivity index (χ2n) is 7.97. The van der Waals surface area contributed by atoms with E-state index in [1.165, 1.54) is 23.9 Å². The third kappa shape index (κ3) is 6.02. The van der Waals surface area contributed by atoms with E-state index in [-0.39, 0.29) is 23.6 Å². The van der Waals surface area contributed by atoms with Gasteiger partial charge in [0.2, 0.25) is 0 Å². The predicted molar refractivity (Wildman–Crippen MR) is 118 cm³/mol. The standard InChI is InChI=1S/C23H30N4O4/c1-24-21(29)19-14-18(16-27(22(19)30)15-17-6-3-2-4-7-17)20(28)26-11-5-8-23(31)9-12-25-13-10-23/h2-4,6-7,14,16,25,31H,5,8-13,15H2,1H3,(H,24,29)(H,26,28). The topological polar surface area (TPSA) is 112 Å². The molecule has 1 aliphatic heterocycles. The van der Waals surface area contributed by atoms with Crippen LogP contribution in [0.3, 0.4) is 0 Å². The number of nitrogens with one attached hydrogen (secondary N) is 3. The number of piperidine rings is 1. The second-order valence-corrected chi connectivity index (χ2v) is 7.97. The summed E-state index contributed by atoms with van der Waals surface area (Å²) in [5, 5.41) is 19.1. The maximum atomic E-state index is 12.8. The van der Waals surface area contributed by atoms with Crippen LogP contribution < -0.4 is 21.5 Å². The second kappa shape index (κ2) is 10.4. The Morgan fingerprint density at radius 3 is 2.55 bits per heavy atom. The van der Waals surface area contributed by atoms with E-state index in [1.807, 2.05) is 30.3 Å². The number of carbonyl (C=O) groups excluding carboxylic acids is 2. The Morgan fingerprint density at radius 2 is 1.87 bits per heavy atom. The van der Waals surface area contributed by atoms with Gasteiger partial charge in [0, 0.05) is 19.8 Å². The first-order chi connectivity index (χ1) is 14.9. The van der Waals surface area contributed by atoms with Crippen molar-refractivity contribution in [1.29, 1.82) is 0 Å². The zero-order valence-corrected chi connectivity index (χ0v) is 17.8. The molecule has 166 valence electrons. The number of hydrogen-bond acceptors (Lipinski definition) is 5. The van der Waals surface area contributed by atoms with E-state index in [1.54, 1.807) is 0 Å². The van der Waals surface area contributed by atoms with Crippen LogP contribution in [0.4, 0.5) is 0 Å². The number of amides is 2. The molecule has 0 atom stereocenters. The molecule has 0 saturated carbocycles. The van der Waals surface area contributed by atoms with Crippen molar-refractivity contribution in [3.63, 3.8) is 0 Å². The van der Waals surface area contributed by atoms with Crippen molar-refractivity contribution in [2.45, 2.75) is 37.8 Å². The number of rotatable bonds is 8. The lowest BCUT2D eigenvalue weighted by Crippen LogP contribution is -2.42. The van der Waals surface area contributed by atoms with Crippen LogP contribution in [0.2, 0.25) is 0 Å². The van der Waals surface area contributed by atoms with Crippen LogP contribution in [0.5, 0.6) is 0 Å². The first-order valence-electron chi connectivity index (χ1n) is 10.6. The monoisotopic (exact) mass is 426 g/mol. The third-order valence-electron chi connectivity index (χ3n) is 5.65. The maximum Gasteiger partial charge on any atom is 0.263 e. The maximum absolute atomic E-state index is 12.8. The summed E-state index contributed by atoms with van der Waals surface area (Å²) >= 11 is 0. The Kier molecular flexibility index (Phi) is 7.59. The molecule has 1 saturated heterocycles. The normalized spacial score (nSPS) is 15.3. The average molecular weight is 427 g/mol. The molecule has 0 aliphatic carbocycles. The number of aliphatic hydroxyl groups is 1. The molecule has 2 aromatic rings. The van der Waals surface area contributed by atoms with Crippen LogP contribution in [-0.2, 0) is 6.54 Å². The van der Waals surface area contributed by atoms with Gasteiger partial charge in [-0.1, -0.05) is 30.3 Å². The van der Waals surface area contributed by atoms with Gasteiger partial charge in [-0.05, 0) is 50.4 Å². The molecule has 0 spiro atoms. The summed E-state index contributed by atoms with van der Waals surface area (Å²) in [6, 6.07) is 10.7. The van der Waals surface area contributed by atoms with Crippen LogP contribution in [0.15, 0.2) is 47.4 Å². The molecule has 8 nitrogen and oxygen atoms in total. The lowest BCUT2D eigenvalue weighted by molar-refractivity contribution is 0.000914. The van der Waals surface area contributed by atoms with Crippen LogP contribution >= 0.6 is 0 Å². The fourth-order valence-electron chi connectivity index (χ4n) is 3.82. The SMILES string of the molecule is CNC(=O)c1cc(C(=O)NCCCC2(O)CCNCC2)cn(Cc2ccccc2)c1=O. The van der Waals surface area contributed by atoms with Gasteiger partial charge in [0.25, 0.3) is 17.4 Å². The molecule has 3 rings (SSSR count). The number of nitrogens with zero attached hydrogens (tertiary/aromatic N) is 1. The highest BCUT2D eigenvalue weighted by molar-refractivity contribution is 5.99. The molecule has 0 unspecified atom stereocenters. The average Bonchev–Trinajstić information content (AvgIpc) is 2.78. The lowest BCUT2D eigenvalue weighted by atomic mass is 9.88. The quantitative estimate of drug-likeness (QED) is 0.468. The van der Waals surface area contributed by atoms with E-state index >= 15 is 0 Å². The van der Waals surface area contributed by atoms with Crippen molar-refractivity contribution < 1.29 is 14.7 Å². The molecule has 0 bridgehead atoms. The molecule has 2 heterocycles. The Hall–Kier alpha value is -2.97. The lowest BCUT2D eigenvalue weighted by Gasteiger charge is -2.32. The Morgan fingerprint density at radius 1 is 1.16 bits per heavy atom. The van der Waals surface area contributed by atoms with E-state index in [0.29, 0.717) is 32.2 Å². The van der Waals surface area contributed by atoms with E-state index in [4.69, 9.17) is 0 Å². The highest BCUT2D eigenvalue weighted by Gasteiger charge is 2.28. The predicted octanol–water partition coefficient (Wildman–Crippen LogP) is 0.881. The van der Waals surface area contributed by atoms with Gasteiger partial charge in [0.05, 0.1) is 17.7 Å². The molecule has 1 fully saturated rings. The van der Waals surface area contributed by atoms with Crippen LogP contribution in [0.25, 0.3) is 0 Å². The van der Waals surface area contributed by atoms with Crippen molar-refractivity contribution in [3.05, 3.63) is 69.6 Å². The van der Waals surface area contributed by atoms with Crippen molar-refractivity contribution in [3.8, 4) is 0 Å². The van der Waals surface area contributed by atoms with Gasteiger partial charge in [-0.25, -0.2) is 0 Å². The molecule has 1 aromatic heterocycles. The molecule has 31 heavy (non-hydrogen) atoms. The van der Waals surface area contributed by atoms with Crippen molar-refractivity contribution in [2.75, 3.05) is 26.7 Å². The van der Waals surface area contributed by atoms with Gasteiger partial charge < -0.3 is 25.6 Å². The molecule has 2 amide bonds. The highest BCUT2D eigenvalue weighted by atomic mass is 16.3. The Labute approximate surface area is 181 Å². The van der Waals surface area contributed by atoms with E-state index in [9.17, 15) is 19.5 Å².